The van der Waals surface area contributed by atoms with Crippen LogP contribution in [0.2, 0.25) is 5.02 Å². The van der Waals surface area contributed by atoms with E-state index < -0.39 is 18.1 Å². The first-order chi connectivity index (χ1) is 14.2. The van der Waals surface area contributed by atoms with E-state index in [1.165, 1.54) is 4.90 Å². The van der Waals surface area contributed by atoms with Crippen molar-refractivity contribution in [2.24, 2.45) is 5.92 Å². The lowest BCUT2D eigenvalue weighted by Gasteiger charge is -2.29. The average Bonchev–Trinajstić information content (AvgIpc) is 3.27. The summed E-state index contributed by atoms with van der Waals surface area (Å²) in [6, 6.07) is 7.95. The van der Waals surface area contributed by atoms with Gasteiger partial charge in [-0.15, -0.1) is 0 Å². The highest BCUT2D eigenvalue weighted by atomic mass is 127. The summed E-state index contributed by atoms with van der Waals surface area (Å²) >= 11 is 7.96. The Balaban J connectivity index is 1.77. The van der Waals surface area contributed by atoms with Crippen molar-refractivity contribution in [1.29, 1.82) is 0 Å². The van der Waals surface area contributed by atoms with Gasteiger partial charge in [0.15, 0.2) is 5.76 Å². The lowest BCUT2D eigenvalue weighted by atomic mass is 9.91. The second kappa shape index (κ2) is 9.65. The third-order valence-electron chi connectivity index (χ3n) is 5.33. The largest absolute Gasteiger partial charge is 0.391 e. The fourth-order valence-corrected chi connectivity index (χ4v) is 4.31. The van der Waals surface area contributed by atoms with Crippen LogP contribution in [0.4, 0.5) is 0 Å². The summed E-state index contributed by atoms with van der Waals surface area (Å²) in [5.74, 6) is -0.703. The lowest BCUT2D eigenvalue weighted by molar-refractivity contribution is -0.141. The van der Waals surface area contributed by atoms with E-state index in [2.05, 4.69) is 10.5 Å². The minimum atomic E-state index is -0.752. The number of nitrogens with zero attached hydrogens (tertiary/aromatic N) is 2. The number of likely N-dealkylation sites (tertiary alicyclic amines) is 1. The van der Waals surface area contributed by atoms with Gasteiger partial charge in [0, 0.05) is 24.1 Å². The highest BCUT2D eigenvalue weighted by Crippen LogP contribution is 2.31. The van der Waals surface area contributed by atoms with Crippen LogP contribution in [-0.2, 0) is 9.59 Å². The normalized spacial score (nSPS) is 21.0. The van der Waals surface area contributed by atoms with Crippen LogP contribution in [0.25, 0.3) is 0 Å². The number of aromatic nitrogens is 1. The first kappa shape index (κ1) is 23.0. The van der Waals surface area contributed by atoms with Crippen molar-refractivity contribution in [1.82, 2.24) is 15.4 Å². The van der Waals surface area contributed by atoms with Gasteiger partial charge in [0.05, 0.1) is 12.1 Å². The van der Waals surface area contributed by atoms with Crippen LogP contribution in [0.1, 0.15) is 50.5 Å². The van der Waals surface area contributed by atoms with Crippen LogP contribution in [0, 0.1) is 9.62 Å². The number of β-amino-alcohol motifs (C(OH)–C–C–N with tert-alkyl or cyclic N) is 1. The number of amides is 2. The summed E-state index contributed by atoms with van der Waals surface area (Å²) < 4.78 is 6.00. The molecule has 162 valence electrons. The molecule has 0 aliphatic carbocycles. The van der Waals surface area contributed by atoms with Crippen LogP contribution in [0.3, 0.4) is 0 Å². The standard InChI is InChI=1S/C21H25ClIN3O4/c1-11(2)19(17-9-18(23)25-30-17)21(29)26-10-15(27)8-16(26)20(28)24-12(3)13-4-6-14(22)7-5-13/h4-7,9,11-12,15-16,19,27H,8,10H2,1-3H3,(H,24,28). The Morgan fingerprint density at radius 2 is 1.97 bits per heavy atom. The maximum absolute atomic E-state index is 13.4. The molecule has 2 heterocycles. The summed E-state index contributed by atoms with van der Waals surface area (Å²) in [6.45, 7) is 5.82. The molecule has 1 aromatic carbocycles. The molecule has 0 bridgehead atoms. The molecule has 30 heavy (non-hydrogen) atoms. The molecule has 4 atom stereocenters. The minimum absolute atomic E-state index is 0.0595. The number of carbonyl (C=O) groups excluding carboxylic acids is 2. The monoisotopic (exact) mass is 545 g/mol. The number of benzene rings is 1. The fraction of sp³-hybridized carbons (Fsp3) is 0.476. The zero-order valence-corrected chi connectivity index (χ0v) is 19.9. The van der Waals surface area contributed by atoms with Gasteiger partial charge in [-0.2, -0.15) is 0 Å². The fourth-order valence-electron chi connectivity index (χ4n) is 3.78. The van der Waals surface area contributed by atoms with E-state index in [4.69, 9.17) is 16.1 Å². The van der Waals surface area contributed by atoms with Crippen molar-refractivity contribution in [3.8, 4) is 0 Å². The van der Waals surface area contributed by atoms with Crippen molar-refractivity contribution in [3.05, 3.63) is 50.4 Å². The van der Waals surface area contributed by atoms with E-state index in [1.807, 2.05) is 55.5 Å². The molecular weight excluding hydrogens is 521 g/mol. The van der Waals surface area contributed by atoms with Gasteiger partial charge in [-0.25, -0.2) is 0 Å². The summed E-state index contributed by atoms with van der Waals surface area (Å²) in [5, 5.41) is 17.7. The molecule has 4 unspecified atom stereocenters. The number of aliphatic hydroxyl groups excluding tert-OH is 1. The quantitative estimate of drug-likeness (QED) is 0.542. The number of aliphatic hydroxyl groups is 1. The molecule has 0 radical (unpaired) electrons. The van der Waals surface area contributed by atoms with Gasteiger partial charge in [0.2, 0.25) is 11.8 Å². The minimum Gasteiger partial charge on any atom is -0.391 e. The van der Waals surface area contributed by atoms with Crippen molar-refractivity contribution in [3.63, 3.8) is 0 Å². The number of nitrogens with one attached hydrogen (secondary N) is 1. The van der Waals surface area contributed by atoms with Gasteiger partial charge >= 0.3 is 0 Å². The second-order valence-electron chi connectivity index (χ2n) is 7.95. The maximum Gasteiger partial charge on any atom is 0.243 e. The first-order valence-electron chi connectivity index (χ1n) is 9.83. The molecule has 0 spiro atoms. The molecule has 2 amide bonds. The third-order valence-corrected chi connectivity index (χ3v) is 6.09. The zero-order chi connectivity index (χ0) is 22.0. The topological polar surface area (TPSA) is 95.7 Å². The second-order valence-corrected chi connectivity index (χ2v) is 9.49. The van der Waals surface area contributed by atoms with Crippen LogP contribution < -0.4 is 5.32 Å². The van der Waals surface area contributed by atoms with Crippen LogP contribution in [0.5, 0.6) is 0 Å². The van der Waals surface area contributed by atoms with Crippen LogP contribution in [-0.4, -0.2) is 45.7 Å². The van der Waals surface area contributed by atoms with E-state index >= 15 is 0 Å². The number of rotatable bonds is 6. The van der Waals surface area contributed by atoms with Crippen molar-refractivity contribution >= 4 is 46.0 Å². The Labute approximate surface area is 194 Å². The van der Waals surface area contributed by atoms with Gasteiger partial charge in [0.1, 0.15) is 15.7 Å². The average molecular weight is 546 g/mol. The van der Waals surface area contributed by atoms with Crippen molar-refractivity contribution < 1.29 is 19.2 Å². The molecular formula is C21H25ClIN3O4. The molecule has 3 rings (SSSR count). The van der Waals surface area contributed by atoms with Gasteiger partial charge < -0.3 is 19.8 Å². The number of carbonyl (C=O) groups is 2. The molecule has 1 aliphatic heterocycles. The van der Waals surface area contributed by atoms with E-state index in [1.54, 1.807) is 18.2 Å². The Hall–Kier alpha value is -1.65. The molecule has 2 N–H and O–H groups in total. The lowest BCUT2D eigenvalue weighted by Crippen LogP contribution is -2.48. The first-order valence-corrected chi connectivity index (χ1v) is 11.3. The summed E-state index contributed by atoms with van der Waals surface area (Å²) in [6.07, 6.45) is -0.554. The van der Waals surface area contributed by atoms with Crippen molar-refractivity contribution in [2.75, 3.05) is 6.54 Å². The number of halogens is 2. The van der Waals surface area contributed by atoms with E-state index in [0.717, 1.165) is 5.56 Å². The van der Waals surface area contributed by atoms with Gasteiger partial charge in [-0.05, 0) is 53.1 Å². The Bertz CT molecular complexity index is 902. The highest BCUT2D eigenvalue weighted by Gasteiger charge is 2.43. The van der Waals surface area contributed by atoms with Crippen molar-refractivity contribution in [2.45, 2.75) is 51.3 Å². The molecule has 0 saturated carbocycles. The summed E-state index contributed by atoms with van der Waals surface area (Å²) in [4.78, 5) is 27.9. The highest BCUT2D eigenvalue weighted by molar-refractivity contribution is 14.1. The predicted octanol–water partition coefficient (Wildman–Crippen LogP) is 3.51. The van der Waals surface area contributed by atoms with Gasteiger partial charge in [0.25, 0.3) is 0 Å². The van der Waals surface area contributed by atoms with E-state index in [9.17, 15) is 14.7 Å². The maximum atomic E-state index is 13.4. The van der Waals surface area contributed by atoms with E-state index in [-0.39, 0.29) is 36.7 Å². The predicted molar refractivity (Wildman–Crippen MR) is 121 cm³/mol. The molecule has 2 aromatic rings. The molecule has 1 fully saturated rings. The Kier molecular flexibility index (Phi) is 7.41. The molecule has 7 nitrogen and oxygen atoms in total. The number of hydrogen-bond donors (Lipinski definition) is 2. The van der Waals surface area contributed by atoms with E-state index in [0.29, 0.717) is 14.5 Å². The third kappa shape index (κ3) is 5.15. The number of hydrogen-bond acceptors (Lipinski definition) is 5. The van der Waals surface area contributed by atoms with Gasteiger partial charge in [-0.1, -0.05) is 42.7 Å². The van der Waals surface area contributed by atoms with Gasteiger partial charge in [-0.3, -0.25) is 9.59 Å². The summed E-state index contributed by atoms with van der Waals surface area (Å²) in [5.41, 5.74) is 0.903. The molecule has 1 aromatic heterocycles. The Morgan fingerprint density at radius 3 is 2.53 bits per heavy atom. The molecule has 1 saturated heterocycles. The molecule has 9 heteroatoms. The zero-order valence-electron chi connectivity index (χ0n) is 17.0. The SMILES string of the molecule is CC(NC(=O)C1CC(O)CN1C(=O)C(c1cc(I)no1)C(C)C)c1ccc(Cl)cc1. The van der Waals surface area contributed by atoms with Crippen LogP contribution in [0.15, 0.2) is 34.9 Å². The Morgan fingerprint density at radius 1 is 1.30 bits per heavy atom. The smallest absolute Gasteiger partial charge is 0.243 e. The molecule has 1 aliphatic rings. The van der Waals surface area contributed by atoms with Crippen LogP contribution >= 0.6 is 34.2 Å². The summed E-state index contributed by atoms with van der Waals surface area (Å²) in [7, 11) is 0.